The van der Waals surface area contributed by atoms with Crippen molar-refractivity contribution in [2.45, 2.75) is 19.0 Å². The van der Waals surface area contributed by atoms with Crippen molar-refractivity contribution in [3.8, 4) is 0 Å². The molecule has 0 aromatic heterocycles. The number of nitro groups is 1. The maximum absolute atomic E-state index is 12.6. The van der Waals surface area contributed by atoms with E-state index in [1.807, 2.05) is 30.3 Å². The van der Waals surface area contributed by atoms with Crippen molar-refractivity contribution in [3.63, 3.8) is 0 Å². The van der Waals surface area contributed by atoms with Gasteiger partial charge in [-0.05, 0) is 30.5 Å². The summed E-state index contributed by atoms with van der Waals surface area (Å²) in [5, 5.41) is 14.8. The number of benzene rings is 2. The number of rotatable bonds is 6. The molecule has 0 fully saturated rings. The number of hydrogen-bond acceptors (Lipinski definition) is 4. The van der Waals surface area contributed by atoms with Gasteiger partial charge >= 0.3 is 6.18 Å². The van der Waals surface area contributed by atoms with E-state index in [-0.39, 0.29) is 5.69 Å². The van der Waals surface area contributed by atoms with E-state index >= 15 is 0 Å². The molecule has 2 aromatic carbocycles. The minimum atomic E-state index is -4.64. The first-order chi connectivity index (χ1) is 11.4. The van der Waals surface area contributed by atoms with Gasteiger partial charge in [0.05, 0.1) is 10.5 Å². The zero-order valence-electron chi connectivity index (χ0n) is 12.5. The lowest BCUT2D eigenvalue weighted by molar-refractivity contribution is -0.384. The van der Waals surface area contributed by atoms with Crippen molar-refractivity contribution in [2.75, 3.05) is 5.43 Å². The average molecular weight is 337 g/mol. The smallest absolute Gasteiger partial charge is 0.272 e. The number of hydrazone groups is 1. The Morgan fingerprint density at radius 3 is 2.50 bits per heavy atom. The van der Waals surface area contributed by atoms with E-state index in [0.29, 0.717) is 12.5 Å². The van der Waals surface area contributed by atoms with E-state index in [4.69, 9.17) is 0 Å². The van der Waals surface area contributed by atoms with Crippen molar-refractivity contribution in [3.05, 3.63) is 69.8 Å². The molecule has 0 unspecified atom stereocenters. The monoisotopic (exact) mass is 337 g/mol. The van der Waals surface area contributed by atoms with Crippen LogP contribution in [0.25, 0.3) is 0 Å². The molecule has 0 saturated heterocycles. The van der Waals surface area contributed by atoms with Crippen molar-refractivity contribution >= 4 is 17.6 Å². The van der Waals surface area contributed by atoms with Crippen LogP contribution in [-0.2, 0) is 12.6 Å². The van der Waals surface area contributed by atoms with E-state index in [1.54, 1.807) is 0 Å². The fraction of sp³-hybridized carbons (Fsp3) is 0.188. The first kappa shape index (κ1) is 17.5. The summed E-state index contributed by atoms with van der Waals surface area (Å²) in [6.07, 6.45) is -1.79. The van der Waals surface area contributed by atoms with Gasteiger partial charge in [0.1, 0.15) is 5.69 Å². The number of aryl methyl sites for hydroxylation is 1. The number of hydrogen-bond donors (Lipinski definition) is 1. The highest BCUT2D eigenvalue weighted by molar-refractivity contribution is 5.65. The lowest BCUT2D eigenvalue weighted by Gasteiger charge is -2.08. The first-order valence-corrected chi connectivity index (χ1v) is 7.05. The molecule has 0 saturated carbocycles. The van der Waals surface area contributed by atoms with Crippen LogP contribution in [0, 0.1) is 10.1 Å². The maximum Gasteiger partial charge on any atom is 0.416 e. The SMILES string of the molecule is O=[N+]([O-])c1cc(C(F)(F)F)ccc1N/N=C/CCc1ccccc1. The Balaban J connectivity index is 2.01. The molecule has 0 heterocycles. The summed E-state index contributed by atoms with van der Waals surface area (Å²) < 4.78 is 37.8. The average Bonchev–Trinajstić information content (AvgIpc) is 2.54. The Kier molecular flexibility index (Phi) is 5.51. The van der Waals surface area contributed by atoms with E-state index in [9.17, 15) is 23.3 Å². The molecule has 0 radical (unpaired) electrons. The molecular formula is C16H14F3N3O2. The van der Waals surface area contributed by atoms with Crippen LogP contribution in [0.15, 0.2) is 53.6 Å². The van der Waals surface area contributed by atoms with Crippen LogP contribution >= 0.6 is 0 Å². The van der Waals surface area contributed by atoms with Crippen LogP contribution in [0.5, 0.6) is 0 Å². The van der Waals surface area contributed by atoms with Gasteiger partial charge in [0.2, 0.25) is 0 Å². The molecule has 0 aliphatic carbocycles. The standard InChI is InChI=1S/C16H14F3N3O2/c17-16(18,19)13-8-9-14(15(11-13)22(23)24)21-20-10-4-7-12-5-2-1-3-6-12/h1-3,5-6,8-11,21H,4,7H2/b20-10+. The Labute approximate surface area is 136 Å². The molecule has 1 N–H and O–H groups in total. The first-order valence-electron chi connectivity index (χ1n) is 7.05. The third-order valence-electron chi connectivity index (χ3n) is 3.20. The minimum absolute atomic E-state index is 0.0936. The number of nitrogens with zero attached hydrogens (tertiary/aromatic N) is 2. The van der Waals surface area contributed by atoms with Gasteiger partial charge in [0, 0.05) is 12.3 Å². The van der Waals surface area contributed by atoms with Gasteiger partial charge < -0.3 is 0 Å². The fourth-order valence-corrected chi connectivity index (χ4v) is 2.01. The lowest BCUT2D eigenvalue weighted by Crippen LogP contribution is -2.06. The highest BCUT2D eigenvalue weighted by Gasteiger charge is 2.33. The topological polar surface area (TPSA) is 67.5 Å². The third-order valence-corrected chi connectivity index (χ3v) is 3.20. The Morgan fingerprint density at radius 1 is 1.17 bits per heavy atom. The molecule has 8 heteroatoms. The number of alkyl halides is 3. The molecule has 24 heavy (non-hydrogen) atoms. The summed E-state index contributed by atoms with van der Waals surface area (Å²) in [6.45, 7) is 0. The summed E-state index contributed by atoms with van der Waals surface area (Å²) in [4.78, 5) is 10.0. The zero-order valence-corrected chi connectivity index (χ0v) is 12.5. The number of anilines is 1. The van der Waals surface area contributed by atoms with Crippen LogP contribution in [0.2, 0.25) is 0 Å². The van der Waals surface area contributed by atoms with Gasteiger partial charge in [-0.2, -0.15) is 18.3 Å². The number of halogens is 3. The second kappa shape index (κ2) is 7.58. The summed E-state index contributed by atoms with van der Waals surface area (Å²) in [5.41, 5.74) is 1.69. The molecular weight excluding hydrogens is 323 g/mol. The molecule has 2 aromatic rings. The molecule has 0 amide bonds. The van der Waals surface area contributed by atoms with Crippen LogP contribution in [0.3, 0.4) is 0 Å². The summed E-state index contributed by atoms with van der Waals surface area (Å²) in [5.74, 6) is 0. The predicted molar refractivity (Wildman–Crippen MR) is 85.0 cm³/mol. The van der Waals surface area contributed by atoms with Crippen molar-refractivity contribution in [1.82, 2.24) is 0 Å². The summed E-state index contributed by atoms with van der Waals surface area (Å²) >= 11 is 0. The quantitative estimate of drug-likeness (QED) is 0.474. The Morgan fingerprint density at radius 2 is 1.88 bits per heavy atom. The highest BCUT2D eigenvalue weighted by atomic mass is 19.4. The second-order valence-electron chi connectivity index (χ2n) is 4.93. The molecule has 0 aliphatic rings. The maximum atomic E-state index is 12.6. The minimum Gasteiger partial charge on any atom is -0.272 e. The Hall–Kier alpha value is -2.90. The van der Waals surface area contributed by atoms with E-state index in [2.05, 4.69) is 10.5 Å². The fourth-order valence-electron chi connectivity index (χ4n) is 2.01. The second-order valence-corrected chi connectivity index (χ2v) is 4.93. The van der Waals surface area contributed by atoms with Crippen LogP contribution < -0.4 is 5.43 Å². The van der Waals surface area contributed by atoms with Crippen LogP contribution in [0.1, 0.15) is 17.5 Å². The van der Waals surface area contributed by atoms with Gasteiger partial charge in [0.15, 0.2) is 0 Å². The van der Waals surface area contributed by atoms with Crippen molar-refractivity contribution in [2.24, 2.45) is 5.10 Å². The van der Waals surface area contributed by atoms with Gasteiger partial charge in [-0.25, -0.2) is 0 Å². The molecule has 0 atom stereocenters. The number of nitrogens with one attached hydrogen (secondary N) is 1. The van der Waals surface area contributed by atoms with Gasteiger partial charge in [-0.15, -0.1) is 0 Å². The lowest BCUT2D eigenvalue weighted by atomic mass is 10.1. The van der Waals surface area contributed by atoms with E-state index < -0.39 is 22.4 Å². The third kappa shape index (κ3) is 4.80. The molecule has 0 aliphatic heterocycles. The Bertz CT molecular complexity index is 731. The van der Waals surface area contributed by atoms with Crippen molar-refractivity contribution < 1.29 is 18.1 Å². The van der Waals surface area contributed by atoms with Gasteiger partial charge in [0.25, 0.3) is 5.69 Å². The summed E-state index contributed by atoms with van der Waals surface area (Å²) in [6, 6.07) is 11.9. The number of nitro benzene ring substituents is 1. The van der Waals surface area contributed by atoms with E-state index in [0.717, 1.165) is 24.1 Å². The predicted octanol–water partition coefficient (Wildman–Crippen LogP) is 4.64. The van der Waals surface area contributed by atoms with Gasteiger partial charge in [-0.3, -0.25) is 15.5 Å². The molecule has 0 bridgehead atoms. The summed E-state index contributed by atoms with van der Waals surface area (Å²) in [7, 11) is 0. The van der Waals surface area contributed by atoms with Crippen LogP contribution in [-0.4, -0.2) is 11.1 Å². The molecule has 0 spiro atoms. The van der Waals surface area contributed by atoms with Gasteiger partial charge in [-0.1, -0.05) is 30.3 Å². The van der Waals surface area contributed by atoms with Crippen LogP contribution in [0.4, 0.5) is 24.5 Å². The molecule has 126 valence electrons. The molecule has 5 nitrogen and oxygen atoms in total. The zero-order chi connectivity index (χ0) is 17.6. The normalized spacial score (nSPS) is 11.6. The largest absolute Gasteiger partial charge is 0.416 e. The van der Waals surface area contributed by atoms with E-state index in [1.165, 1.54) is 6.21 Å². The molecule has 2 rings (SSSR count). The highest BCUT2D eigenvalue weighted by Crippen LogP contribution is 2.34. The van der Waals surface area contributed by atoms with Crippen molar-refractivity contribution in [1.29, 1.82) is 0 Å².